The summed E-state index contributed by atoms with van der Waals surface area (Å²) in [6.45, 7) is 3.58. The van der Waals surface area contributed by atoms with Crippen LogP contribution in [-0.2, 0) is 0 Å². The van der Waals surface area contributed by atoms with Gasteiger partial charge in [-0.15, -0.1) is 0 Å². The highest BCUT2D eigenvalue weighted by Crippen LogP contribution is 2.24. The van der Waals surface area contributed by atoms with Gasteiger partial charge in [-0.25, -0.2) is 13.6 Å². The molecular formula is C13H18F2N2O2. The number of carbonyl (C=O) groups is 1. The molecule has 0 aromatic heterocycles. The highest BCUT2D eigenvalue weighted by Gasteiger charge is 2.21. The second kappa shape index (κ2) is 7.04. The maximum Gasteiger partial charge on any atom is 0.315 e. The molecule has 1 aromatic rings. The highest BCUT2D eigenvalue weighted by molar-refractivity contribution is 5.74. The van der Waals surface area contributed by atoms with E-state index in [1.165, 1.54) is 6.07 Å². The minimum Gasteiger partial charge on any atom is -0.395 e. The minimum atomic E-state index is -0.693. The number of amides is 2. The predicted molar refractivity (Wildman–Crippen MR) is 67.6 cm³/mol. The van der Waals surface area contributed by atoms with Crippen LogP contribution in [0.1, 0.15) is 25.5 Å². The molecule has 6 heteroatoms. The molecule has 19 heavy (non-hydrogen) atoms. The van der Waals surface area contributed by atoms with Crippen molar-refractivity contribution in [2.45, 2.75) is 19.9 Å². The number of hydrogen-bond acceptors (Lipinski definition) is 2. The predicted octanol–water partition coefficient (Wildman–Crippen LogP) is 1.95. The molecule has 0 aliphatic rings. The van der Waals surface area contributed by atoms with Gasteiger partial charge in [-0.3, -0.25) is 0 Å². The van der Waals surface area contributed by atoms with Gasteiger partial charge in [0.25, 0.3) is 0 Å². The van der Waals surface area contributed by atoms with Gasteiger partial charge in [0.1, 0.15) is 11.6 Å². The van der Waals surface area contributed by atoms with Crippen molar-refractivity contribution in [1.82, 2.24) is 10.6 Å². The molecule has 0 saturated heterocycles. The second-order valence-electron chi connectivity index (χ2n) is 4.51. The Morgan fingerprint density at radius 2 is 2.05 bits per heavy atom. The van der Waals surface area contributed by atoms with Crippen LogP contribution in [0.4, 0.5) is 13.6 Å². The Morgan fingerprint density at radius 1 is 1.37 bits per heavy atom. The first-order chi connectivity index (χ1) is 8.95. The Bertz CT molecular complexity index is 439. The Hall–Kier alpha value is -1.69. The molecule has 0 spiro atoms. The molecule has 0 fully saturated rings. The largest absolute Gasteiger partial charge is 0.395 e. The third kappa shape index (κ3) is 4.48. The standard InChI is InChI=1S/C13H18F2N2O2/c1-8(2)12(17-13(19)16-5-6-18)10-4-3-9(14)7-11(10)15/h3-4,7-8,12,18H,5-6H2,1-2H3,(H2,16,17,19). The number of aliphatic hydroxyl groups is 1. The molecule has 1 atom stereocenters. The molecule has 106 valence electrons. The second-order valence-corrected chi connectivity index (χ2v) is 4.51. The minimum absolute atomic E-state index is 0.0696. The average Bonchev–Trinajstić information content (AvgIpc) is 2.34. The summed E-state index contributed by atoms with van der Waals surface area (Å²) in [5.41, 5.74) is 0.232. The summed E-state index contributed by atoms with van der Waals surface area (Å²) in [6.07, 6.45) is 0. The summed E-state index contributed by atoms with van der Waals surface area (Å²) in [6, 6.07) is 2.19. The number of benzene rings is 1. The fourth-order valence-electron chi connectivity index (χ4n) is 1.72. The lowest BCUT2D eigenvalue weighted by atomic mass is 9.95. The molecule has 0 aliphatic heterocycles. The van der Waals surface area contributed by atoms with Crippen molar-refractivity contribution in [1.29, 1.82) is 0 Å². The number of carbonyl (C=O) groups excluding carboxylic acids is 1. The lowest BCUT2D eigenvalue weighted by Crippen LogP contribution is -2.41. The van der Waals surface area contributed by atoms with Crippen LogP contribution in [0.25, 0.3) is 0 Å². The summed E-state index contributed by atoms with van der Waals surface area (Å²) in [5, 5.41) is 13.6. The van der Waals surface area contributed by atoms with Crippen LogP contribution in [0.3, 0.4) is 0 Å². The maximum atomic E-state index is 13.7. The van der Waals surface area contributed by atoms with Crippen LogP contribution in [-0.4, -0.2) is 24.3 Å². The van der Waals surface area contributed by atoms with Gasteiger partial charge < -0.3 is 15.7 Å². The third-order valence-corrected chi connectivity index (χ3v) is 2.65. The van der Waals surface area contributed by atoms with E-state index in [4.69, 9.17) is 5.11 Å². The van der Waals surface area contributed by atoms with Gasteiger partial charge in [0.15, 0.2) is 0 Å². The first-order valence-electron chi connectivity index (χ1n) is 6.06. The van der Waals surface area contributed by atoms with Gasteiger partial charge in [-0.1, -0.05) is 19.9 Å². The van der Waals surface area contributed by atoms with Gasteiger partial charge in [-0.2, -0.15) is 0 Å². The van der Waals surface area contributed by atoms with Gasteiger partial charge >= 0.3 is 6.03 Å². The number of halogens is 2. The zero-order chi connectivity index (χ0) is 14.4. The lowest BCUT2D eigenvalue weighted by Gasteiger charge is -2.23. The quantitative estimate of drug-likeness (QED) is 0.767. The zero-order valence-corrected chi connectivity index (χ0v) is 10.9. The zero-order valence-electron chi connectivity index (χ0n) is 10.9. The van der Waals surface area contributed by atoms with Crippen LogP contribution in [0.2, 0.25) is 0 Å². The molecule has 0 bridgehead atoms. The van der Waals surface area contributed by atoms with Crippen molar-refractivity contribution in [2.75, 3.05) is 13.2 Å². The number of rotatable bonds is 5. The molecule has 4 nitrogen and oxygen atoms in total. The molecular weight excluding hydrogens is 254 g/mol. The summed E-state index contributed by atoms with van der Waals surface area (Å²) >= 11 is 0. The lowest BCUT2D eigenvalue weighted by molar-refractivity contribution is 0.226. The molecule has 0 aliphatic carbocycles. The van der Waals surface area contributed by atoms with Gasteiger partial charge in [0, 0.05) is 18.2 Å². The van der Waals surface area contributed by atoms with Crippen molar-refractivity contribution < 1.29 is 18.7 Å². The van der Waals surface area contributed by atoms with E-state index in [2.05, 4.69) is 10.6 Å². The Balaban J connectivity index is 2.85. The van der Waals surface area contributed by atoms with E-state index in [9.17, 15) is 13.6 Å². The first-order valence-corrected chi connectivity index (χ1v) is 6.06. The molecule has 1 aromatic carbocycles. The molecule has 1 unspecified atom stereocenters. The van der Waals surface area contributed by atoms with Gasteiger partial charge in [0.2, 0.25) is 0 Å². The summed E-state index contributed by atoms with van der Waals surface area (Å²) in [5.74, 6) is -1.42. The summed E-state index contributed by atoms with van der Waals surface area (Å²) in [7, 11) is 0. The van der Waals surface area contributed by atoms with Gasteiger partial charge in [-0.05, 0) is 12.0 Å². The number of nitrogens with one attached hydrogen (secondary N) is 2. The fraction of sp³-hybridized carbons (Fsp3) is 0.462. The normalized spacial score (nSPS) is 12.3. The Morgan fingerprint density at radius 3 is 2.58 bits per heavy atom. The third-order valence-electron chi connectivity index (χ3n) is 2.65. The smallest absolute Gasteiger partial charge is 0.315 e. The number of aliphatic hydroxyl groups excluding tert-OH is 1. The maximum absolute atomic E-state index is 13.7. The van der Waals surface area contributed by atoms with E-state index in [-0.39, 0.29) is 24.6 Å². The fourth-order valence-corrected chi connectivity index (χ4v) is 1.72. The van der Waals surface area contributed by atoms with Crippen LogP contribution in [0, 0.1) is 17.6 Å². The molecule has 0 saturated carbocycles. The summed E-state index contributed by atoms with van der Waals surface area (Å²) in [4.78, 5) is 11.5. The Kier molecular flexibility index (Phi) is 5.69. The van der Waals surface area contributed by atoms with Crippen molar-refractivity contribution in [3.63, 3.8) is 0 Å². The molecule has 1 rings (SSSR count). The topological polar surface area (TPSA) is 61.4 Å². The SMILES string of the molecule is CC(C)C(NC(=O)NCCO)c1ccc(F)cc1F. The van der Waals surface area contributed by atoms with E-state index in [0.29, 0.717) is 0 Å². The molecule has 3 N–H and O–H groups in total. The van der Waals surface area contributed by atoms with E-state index >= 15 is 0 Å². The molecule has 2 amide bonds. The van der Waals surface area contributed by atoms with Crippen LogP contribution >= 0.6 is 0 Å². The van der Waals surface area contributed by atoms with E-state index in [0.717, 1.165) is 12.1 Å². The van der Waals surface area contributed by atoms with E-state index < -0.39 is 23.7 Å². The monoisotopic (exact) mass is 272 g/mol. The molecule has 0 radical (unpaired) electrons. The highest BCUT2D eigenvalue weighted by atomic mass is 19.1. The van der Waals surface area contributed by atoms with Crippen LogP contribution in [0.15, 0.2) is 18.2 Å². The molecule has 0 heterocycles. The van der Waals surface area contributed by atoms with Crippen molar-refractivity contribution >= 4 is 6.03 Å². The van der Waals surface area contributed by atoms with Crippen LogP contribution < -0.4 is 10.6 Å². The van der Waals surface area contributed by atoms with Crippen LogP contribution in [0.5, 0.6) is 0 Å². The Labute approximate surface area is 110 Å². The first kappa shape index (κ1) is 15.4. The van der Waals surface area contributed by atoms with E-state index in [1.807, 2.05) is 13.8 Å². The number of urea groups is 1. The van der Waals surface area contributed by atoms with Crippen molar-refractivity contribution in [2.24, 2.45) is 5.92 Å². The van der Waals surface area contributed by atoms with Crippen molar-refractivity contribution in [3.05, 3.63) is 35.4 Å². The van der Waals surface area contributed by atoms with Crippen molar-refractivity contribution in [3.8, 4) is 0 Å². The average molecular weight is 272 g/mol. The number of hydrogen-bond donors (Lipinski definition) is 3. The van der Waals surface area contributed by atoms with Gasteiger partial charge in [0.05, 0.1) is 12.6 Å². The summed E-state index contributed by atoms with van der Waals surface area (Å²) < 4.78 is 26.6. The van der Waals surface area contributed by atoms with E-state index in [1.54, 1.807) is 0 Å².